The van der Waals surface area contributed by atoms with E-state index in [-0.39, 0.29) is 24.1 Å². The molecule has 2 aromatic carbocycles. The average Bonchev–Trinajstić information content (AvgIpc) is 2.72. The number of fused-ring (bicyclic) bond motifs is 1. The second kappa shape index (κ2) is 7.55. The number of anilines is 2. The molecule has 1 aromatic heterocycles. The lowest BCUT2D eigenvalue weighted by molar-refractivity contribution is -0.120. The van der Waals surface area contributed by atoms with Crippen LogP contribution in [0.1, 0.15) is 0 Å². The summed E-state index contributed by atoms with van der Waals surface area (Å²) in [6.45, 7) is -0.000428. The van der Waals surface area contributed by atoms with E-state index in [1.807, 2.05) is 48.5 Å². The van der Waals surface area contributed by atoms with Gasteiger partial charge in [0.25, 0.3) is 0 Å². The fourth-order valence-electron chi connectivity index (χ4n) is 2.76. The minimum Gasteiger partial charge on any atom is -0.323 e. The Bertz CT molecular complexity index is 996. The number of nitrogens with one attached hydrogen (secondary N) is 1. The highest BCUT2D eigenvalue weighted by atomic mass is 32.2. The molecule has 0 radical (unpaired) electrons. The number of aromatic nitrogens is 3. The summed E-state index contributed by atoms with van der Waals surface area (Å²) in [5.74, 6) is -0.284. The first-order valence-corrected chi connectivity index (χ1v) is 9.26. The number of hydrogen-bond acceptors (Lipinski definition) is 6. The first-order chi connectivity index (χ1) is 13.2. The number of benzene rings is 2. The van der Waals surface area contributed by atoms with E-state index in [1.54, 1.807) is 12.3 Å². The minimum atomic E-state index is -0.212. The van der Waals surface area contributed by atoms with Crippen molar-refractivity contribution < 1.29 is 9.59 Å². The van der Waals surface area contributed by atoms with Gasteiger partial charge < -0.3 is 10.2 Å². The van der Waals surface area contributed by atoms with Crippen molar-refractivity contribution in [3.8, 4) is 11.3 Å². The van der Waals surface area contributed by atoms with Crippen LogP contribution in [0.3, 0.4) is 0 Å². The van der Waals surface area contributed by atoms with Gasteiger partial charge in [0.15, 0.2) is 0 Å². The second-order valence-corrected chi connectivity index (χ2v) is 6.77. The van der Waals surface area contributed by atoms with Gasteiger partial charge in [-0.1, -0.05) is 54.2 Å². The second-order valence-electron chi connectivity index (χ2n) is 5.82. The first-order valence-electron chi connectivity index (χ1n) is 8.28. The molecule has 0 saturated carbocycles. The van der Waals surface area contributed by atoms with Gasteiger partial charge in [0, 0.05) is 5.56 Å². The molecule has 3 aromatic rings. The summed E-state index contributed by atoms with van der Waals surface area (Å²) in [6, 6.07) is 16.9. The lowest BCUT2D eigenvalue weighted by Crippen LogP contribution is -2.43. The lowest BCUT2D eigenvalue weighted by atomic mass is 10.2. The molecule has 1 aliphatic heterocycles. The van der Waals surface area contributed by atoms with Gasteiger partial charge in [0.1, 0.15) is 6.54 Å². The highest BCUT2D eigenvalue weighted by molar-refractivity contribution is 7.99. The van der Waals surface area contributed by atoms with Crippen molar-refractivity contribution in [2.45, 2.75) is 5.16 Å². The van der Waals surface area contributed by atoms with Crippen molar-refractivity contribution in [2.24, 2.45) is 0 Å². The highest BCUT2D eigenvalue weighted by Gasteiger charge is 2.26. The van der Waals surface area contributed by atoms with Crippen molar-refractivity contribution >= 4 is 35.0 Å². The van der Waals surface area contributed by atoms with Gasteiger partial charge in [0.2, 0.25) is 17.0 Å². The molecule has 0 unspecified atom stereocenters. The molecule has 8 heteroatoms. The Balaban J connectivity index is 1.48. The number of amides is 2. The van der Waals surface area contributed by atoms with Crippen LogP contribution in [-0.2, 0) is 9.59 Å². The Hall–Kier alpha value is -3.26. The molecule has 134 valence electrons. The van der Waals surface area contributed by atoms with Crippen LogP contribution in [0.25, 0.3) is 11.3 Å². The molecule has 4 rings (SSSR count). The number of nitrogens with zero attached hydrogens (tertiary/aromatic N) is 4. The smallest absolute Gasteiger partial charge is 0.244 e. The molecule has 0 fully saturated rings. The lowest BCUT2D eigenvalue weighted by Gasteiger charge is -2.28. The molecule has 0 spiro atoms. The maximum absolute atomic E-state index is 12.7. The zero-order valence-corrected chi connectivity index (χ0v) is 15.0. The Morgan fingerprint density at radius 2 is 1.89 bits per heavy atom. The van der Waals surface area contributed by atoms with E-state index in [9.17, 15) is 9.59 Å². The molecule has 0 aliphatic carbocycles. The van der Waals surface area contributed by atoms with E-state index >= 15 is 0 Å². The van der Waals surface area contributed by atoms with Gasteiger partial charge >= 0.3 is 0 Å². The monoisotopic (exact) mass is 377 g/mol. The standard InChI is InChI=1S/C19H15N5O2S/c25-17-11-24(16-9-5-4-8-14(16)21-17)18(26)12-27-19-22-15(10-20-23-19)13-6-2-1-3-7-13/h1-10H,11-12H2,(H,21,25). The molecule has 2 amide bonds. The Kier molecular flexibility index (Phi) is 4.80. The largest absolute Gasteiger partial charge is 0.323 e. The molecule has 7 nitrogen and oxygen atoms in total. The van der Waals surface area contributed by atoms with Crippen molar-refractivity contribution in [3.05, 3.63) is 60.8 Å². The molecule has 0 atom stereocenters. The Labute approximate surface area is 159 Å². The fourth-order valence-corrected chi connectivity index (χ4v) is 3.43. The third-order valence-electron chi connectivity index (χ3n) is 4.01. The molecular weight excluding hydrogens is 362 g/mol. The maximum Gasteiger partial charge on any atom is 0.244 e. The summed E-state index contributed by atoms with van der Waals surface area (Å²) < 4.78 is 0. The number of para-hydroxylation sites is 2. The molecule has 0 saturated heterocycles. The summed E-state index contributed by atoms with van der Waals surface area (Å²) in [7, 11) is 0. The Morgan fingerprint density at radius 1 is 1.11 bits per heavy atom. The van der Waals surface area contributed by atoms with Gasteiger partial charge in [-0.05, 0) is 12.1 Å². The summed E-state index contributed by atoms with van der Waals surface area (Å²) in [5, 5.41) is 11.2. The number of rotatable bonds is 4. The van der Waals surface area contributed by atoms with Crippen LogP contribution in [0.15, 0.2) is 66.0 Å². The molecule has 2 heterocycles. The van der Waals surface area contributed by atoms with E-state index in [0.717, 1.165) is 5.56 Å². The summed E-state index contributed by atoms with van der Waals surface area (Å²) >= 11 is 1.20. The predicted molar refractivity (Wildman–Crippen MR) is 103 cm³/mol. The average molecular weight is 377 g/mol. The van der Waals surface area contributed by atoms with Gasteiger partial charge in [-0.15, -0.1) is 5.10 Å². The SMILES string of the molecule is O=C1CN(C(=O)CSc2nncc(-c3ccccc3)n2)c2ccccc2N1. The van der Waals surface area contributed by atoms with E-state index in [1.165, 1.54) is 16.7 Å². The highest BCUT2D eigenvalue weighted by Crippen LogP contribution is 2.29. The van der Waals surface area contributed by atoms with Crippen LogP contribution >= 0.6 is 11.8 Å². The predicted octanol–water partition coefficient (Wildman–Crippen LogP) is 2.62. The maximum atomic E-state index is 12.7. The van der Waals surface area contributed by atoms with Crippen molar-refractivity contribution in [1.29, 1.82) is 0 Å². The van der Waals surface area contributed by atoms with Gasteiger partial charge in [-0.25, -0.2) is 4.98 Å². The zero-order valence-electron chi connectivity index (χ0n) is 14.2. The minimum absolute atomic E-state index is 0.000428. The van der Waals surface area contributed by atoms with Gasteiger partial charge in [-0.3, -0.25) is 9.59 Å². The quantitative estimate of drug-likeness (QED) is 0.703. The molecule has 27 heavy (non-hydrogen) atoms. The van der Waals surface area contributed by atoms with Crippen molar-refractivity contribution in [1.82, 2.24) is 15.2 Å². The van der Waals surface area contributed by atoms with E-state index in [0.29, 0.717) is 22.2 Å². The van der Waals surface area contributed by atoms with Crippen LogP contribution in [0.2, 0.25) is 0 Å². The van der Waals surface area contributed by atoms with Crippen LogP contribution in [0, 0.1) is 0 Å². The van der Waals surface area contributed by atoms with Crippen LogP contribution in [-0.4, -0.2) is 39.3 Å². The third kappa shape index (κ3) is 3.80. The third-order valence-corrected chi connectivity index (χ3v) is 4.83. The topological polar surface area (TPSA) is 88.1 Å². The van der Waals surface area contributed by atoms with E-state index < -0.39 is 0 Å². The fraction of sp³-hybridized carbons (Fsp3) is 0.105. The van der Waals surface area contributed by atoms with Crippen LogP contribution in [0.4, 0.5) is 11.4 Å². The molecule has 1 N–H and O–H groups in total. The number of thioether (sulfide) groups is 1. The summed E-state index contributed by atoms with van der Waals surface area (Å²) in [5.41, 5.74) is 2.96. The van der Waals surface area contributed by atoms with Crippen molar-refractivity contribution in [2.75, 3.05) is 22.5 Å². The Morgan fingerprint density at radius 3 is 2.74 bits per heavy atom. The van der Waals surface area contributed by atoms with Crippen molar-refractivity contribution in [3.63, 3.8) is 0 Å². The molecular formula is C19H15N5O2S. The normalized spacial score (nSPS) is 13.0. The van der Waals surface area contributed by atoms with E-state index in [2.05, 4.69) is 20.5 Å². The van der Waals surface area contributed by atoms with Gasteiger partial charge in [-0.2, -0.15) is 5.10 Å². The number of carbonyl (C=O) groups is 2. The first kappa shape index (κ1) is 17.2. The molecule has 1 aliphatic rings. The number of carbonyl (C=O) groups excluding carboxylic acids is 2. The zero-order chi connectivity index (χ0) is 18.6. The van der Waals surface area contributed by atoms with Gasteiger partial charge in [0.05, 0.1) is 29.0 Å². The summed E-state index contributed by atoms with van der Waals surface area (Å²) in [6.07, 6.45) is 1.59. The number of hydrogen-bond donors (Lipinski definition) is 1. The van der Waals surface area contributed by atoms with Crippen LogP contribution in [0.5, 0.6) is 0 Å². The summed E-state index contributed by atoms with van der Waals surface area (Å²) in [4.78, 5) is 30.5. The van der Waals surface area contributed by atoms with E-state index in [4.69, 9.17) is 0 Å². The van der Waals surface area contributed by atoms with Crippen LogP contribution < -0.4 is 10.2 Å². The molecule has 0 bridgehead atoms.